The van der Waals surface area contributed by atoms with Gasteiger partial charge in [0, 0.05) is 13.1 Å². The number of nitrogens with one attached hydrogen (secondary N) is 1. The summed E-state index contributed by atoms with van der Waals surface area (Å²) >= 11 is 1.76. The lowest BCUT2D eigenvalue weighted by molar-refractivity contribution is 0.313. The van der Waals surface area contributed by atoms with Gasteiger partial charge in [-0.1, -0.05) is 18.2 Å². The minimum Gasteiger partial charge on any atom is -0.492 e. The molecule has 2 nitrogen and oxygen atoms in total. The molecule has 0 unspecified atom stereocenters. The van der Waals surface area contributed by atoms with Crippen molar-refractivity contribution in [2.75, 3.05) is 13.2 Å². The molecule has 1 aromatic carbocycles. The molecule has 0 aliphatic rings. The average Bonchev–Trinajstić information content (AvgIpc) is 2.76. The third-order valence-corrected chi connectivity index (χ3v) is 3.48. The van der Waals surface area contributed by atoms with E-state index in [-0.39, 0.29) is 0 Å². The van der Waals surface area contributed by atoms with E-state index in [9.17, 15) is 0 Å². The molecular formula is C14H17NOS. The third kappa shape index (κ3) is 3.88. The Hall–Kier alpha value is -1.32. The predicted octanol–water partition coefficient (Wildman–Crippen LogP) is 3.23. The molecule has 0 bridgehead atoms. The van der Waals surface area contributed by atoms with Gasteiger partial charge in [0.1, 0.15) is 12.4 Å². The van der Waals surface area contributed by atoms with Crippen molar-refractivity contribution in [2.45, 2.75) is 13.5 Å². The number of thiophene rings is 1. The molecule has 1 aromatic heterocycles. The highest BCUT2D eigenvalue weighted by Gasteiger charge is 1.98. The topological polar surface area (TPSA) is 21.3 Å². The van der Waals surface area contributed by atoms with Crippen LogP contribution in [-0.2, 0) is 6.54 Å². The summed E-state index contributed by atoms with van der Waals surface area (Å²) in [6, 6.07) is 9.91. The normalized spacial score (nSPS) is 10.4. The number of benzene rings is 1. The maximum absolute atomic E-state index is 5.60. The van der Waals surface area contributed by atoms with Gasteiger partial charge in [-0.2, -0.15) is 11.3 Å². The zero-order valence-electron chi connectivity index (χ0n) is 9.98. The largest absolute Gasteiger partial charge is 0.492 e. The Labute approximate surface area is 106 Å². The first-order valence-corrected chi connectivity index (χ1v) is 6.71. The zero-order valence-corrected chi connectivity index (χ0v) is 10.8. The molecule has 0 aliphatic heterocycles. The molecule has 17 heavy (non-hydrogen) atoms. The van der Waals surface area contributed by atoms with Crippen LogP contribution in [0.3, 0.4) is 0 Å². The van der Waals surface area contributed by atoms with Crippen LogP contribution in [0.1, 0.15) is 11.1 Å². The second kappa shape index (κ2) is 6.42. The molecule has 2 rings (SSSR count). The highest BCUT2D eigenvalue weighted by molar-refractivity contribution is 7.08. The van der Waals surface area contributed by atoms with Crippen molar-refractivity contribution in [1.29, 1.82) is 0 Å². The van der Waals surface area contributed by atoms with Gasteiger partial charge in [0.05, 0.1) is 0 Å². The average molecular weight is 247 g/mol. The Kier molecular flexibility index (Phi) is 4.59. The first kappa shape index (κ1) is 12.1. The van der Waals surface area contributed by atoms with Crippen molar-refractivity contribution < 1.29 is 4.74 Å². The number of aryl methyl sites for hydroxylation is 1. The fraction of sp³-hybridized carbons (Fsp3) is 0.286. The fourth-order valence-corrected chi connectivity index (χ4v) is 2.41. The van der Waals surface area contributed by atoms with Gasteiger partial charge < -0.3 is 10.1 Å². The van der Waals surface area contributed by atoms with Gasteiger partial charge in [0.2, 0.25) is 0 Å². The van der Waals surface area contributed by atoms with E-state index in [1.807, 2.05) is 30.3 Å². The molecule has 3 heteroatoms. The van der Waals surface area contributed by atoms with E-state index in [0.717, 1.165) is 18.8 Å². The summed E-state index contributed by atoms with van der Waals surface area (Å²) in [6.07, 6.45) is 0. The summed E-state index contributed by atoms with van der Waals surface area (Å²) < 4.78 is 5.60. The summed E-state index contributed by atoms with van der Waals surface area (Å²) in [4.78, 5) is 0. The van der Waals surface area contributed by atoms with Crippen molar-refractivity contribution in [1.82, 2.24) is 5.32 Å². The Morgan fingerprint density at radius 2 is 2.00 bits per heavy atom. The molecule has 2 aromatic rings. The Morgan fingerprint density at radius 3 is 2.71 bits per heavy atom. The molecule has 0 spiro atoms. The molecule has 0 saturated heterocycles. The standard InChI is InChI=1S/C14H17NOS/c1-12-10-17-11-13(12)9-15-7-8-16-14-5-3-2-4-6-14/h2-6,10-11,15H,7-9H2,1H3. The number of rotatable bonds is 6. The minimum atomic E-state index is 0.702. The van der Waals surface area contributed by atoms with Gasteiger partial charge in [-0.05, 0) is 40.9 Å². The number of ether oxygens (including phenoxy) is 1. The summed E-state index contributed by atoms with van der Waals surface area (Å²) in [5.41, 5.74) is 2.75. The maximum Gasteiger partial charge on any atom is 0.119 e. The summed E-state index contributed by atoms with van der Waals surface area (Å²) in [5, 5.41) is 7.75. The van der Waals surface area contributed by atoms with Crippen LogP contribution in [0.4, 0.5) is 0 Å². The van der Waals surface area contributed by atoms with E-state index < -0.39 is 0 Å². The predicted molar refractivity (Wildman–Crippen MR) is 72.7 cm³/mol. The van der Waals surface area contributed by atoms with Crippen LogP contribution in [0, 0.1) is 6.92 Å². The van der Waals surface area contributed by atoms with Crippen molar-refractivity contribution in [3.05, 3.63) is 52.2 Å². The molecule has 0 fully saturated rings. The van der Waals surface area contributed by atoms with E-state index >= 15 is 0 Å². The van der Waals surface area contributed by atoms with Crippen LogP contribution in [0.2, 0.25) is 0 Å². The van der Waals surface area contributed by atoms with Gasteiger partial charge in [0.25, 0.3) is 0 Å². The van der Waals surface area contributed by atoms with Crippen LogP contribution < -0.4 is 10.1 Å². The van der Waals surface area contributed by atoms with E-state index in [1.165, 1.54) is 11.1 Å². The molecular weight excluding hydrogens is 230 g/mol. The molecule has 0 atom stereocenters. The molecule has 0 radical (unpaired) electrons. The van der Waals surface area contributed by atoms with Crippen molar-refractivity contribution in [3.63, 3.8) is 0 Å². The smallest absolute Gasteiger partial charge is 0.119 e. The lowest BCUT2D eigenvalue weighted by Crippen LogP contribution is -2.20. The Balaban J connectivity index is 1.63. The minimum absolute atomic E-state index is 0.702. The lowest BCUT2D eigenvalue weighted by Gasteiger charge is -2.07. The van der Waals surface area contributed by atoms with E-state index in [2.05, 4.69) is 23.0 Å². The monoisotopic (exact) mass is 247 g/mol. The van der Waals surface area contributed by atoms with E-state index in [4.69, 9.17) is 4.74 Å². The third-order valence-electron chi connectivity index (χ3n) is 2.57. The van der Waals surface area contributed by atoms with Crippen molar-refractivity contribution in [3.8, 4) is 5.75 Å². The quantitative estimate of drug-likeness (QED) is 0.791. The molecule has 1 N–H and O–H groups in total. The second-order valence-electron chi connectivity index (χ2n) is 3.92. The number of hydrogen-bond acceptors (Lipinski definition) is 3. The fourth-order valence-electron chi connectivity index (χ4n) is 1.55. The first-order valence-electron chi connectivity index (χ1n) is 5.76. The van der Waals surface area contributed by atoms with Crippen LogP contribution in [0.25, 0.3) is 0 Å². The van der Waals surface area contributed by atoms with Crippen LogP contribution in [0.15, 0.2) is 41.1 Å². The van der Waals surface area contributed by atoms with Gasteiger partial charge in [-0.25, -0.2) is 0 Å². The Bertz CT molecular complexity index is 438. The molecule has 1 heterocycles. The van der Waals surface area contributed by atoms with E-state index in [1.54, 1.807) is 11.3 Å². The maximum atomic E-state index is 5.60. The second-order valence-corrected chi connectivity index (χ2v) is 4.66. The first-order chi connectivity index (χ1) is 8.36. The van der Waals surface area contributed by atoms with Crippen LogP contribution in [0.5, 0.6) is 5.75 Å². The van der Waals surface area contributed by atoms with Crippen molar-refractivity contribution in [2.24, 2.45) is 0 Å². The SMILES string of the molecule is Cc1cscc1CNCCOc1ccccc1. The number of hydrogen-bond donors (Lipinski definition) is 1. The summed E-state index contributed by atoms with van der Waals surface area (Å²) in [5.74, 6) is 0.931. The lowest BCUT2D eigenvalue weighted by atomic mass is 10.2. The highest BCUT2D eigenvalue weighted by atomic mass is 32.1. The molecule has 0 amide bonds. The van der Waals surface area contributed by atoms with Gasteiger partial charge >= 0.3 is 0 Å². The summed E-state index contributed by atoms with van der Waals surface area (Å²) in [7, 11) is 0. The highest BCUT2D eigenvalue weighted by Crippen LogP contribution is 2.12. The van der Waals surface area contributed by atoms with Gasteiger partial charge in [0.15, 0.2) is 0 Å². The van der Waals surface area contributed by atoms with Crippen LogP contribution >= 0.6 is 11.3 Å². The van der Waals surface area contributed by atoms with Gasteiger partial charge in [-0.15, -0.1) is 0 Å². The molecule has 90 valence electrons. The zero-order chi connectivity index (χ0) is 11.9. The summed E-state index contributed by atoms with van der Waals surface area (Å²) in [6.45, 7) is 4.64. The molecule has 0 saturated carbocycles. The number of para-hydroxylation sites is 1. The van der Waals surface area contributed by atoms with Gasteiger partial charge in [-0.3, -0.25) is 0 Å². The van der Waals surface area contributed by atoms with Crippen LogP contribution in [-0.4, -0.2) is 13.2 Å². The van der Waals surface area contributed by atoms with Crippen molar-refractivity contribution >= 4 is 11.3 Å². The Morgan fingerprint density at radius 1 is 1.18 bits per heavy atom. The molecule has 0 aliphatic carbocycles. The van der Waals surface area contributed by atoms with E-state index in [0.29, 0.717) is 6.61 Å².